The first kappa shape index (κ1) is 18.1. The highest BCUT2D eigenvalue weighted by Gasteiger charge is 2.06. The van der Waals surface area contributed by atoms with E-state index in [1.807, 2.05) is 38.2 Å². The fourth-order valence-corrected chi connectivity index (χ4v) is 2.87. The van der Waals surface area contributed by atoms with Crippen molar-refractivity contribution in [2.75, 3.05) is 20.8 Å². The number of aryl methyl sites for hydroxylation is 1. The molecular weight excluding hydrogens is 324 g/mol. The Morgan fingerprint density at radius 3 is 2.67 bits per heavy atom. The number of aromatic nitrogens is 1. The predicted molar refractivity (Wildman–Crippen MR) is 98.1 cm³/mol. The quantitative estimate of drug-likeness (QED) is 0.595. The maximum absolute atomic E-state index is 5.53. The van der Waals surface area contributed by atoms with Gasteiger partial charge in [0.05, 0.1) is 20.3 Å². The summed E-state index contributed by atoms with van der Waals surface area (Å²) < 4.78 is 10.9. The summed E-state index contributed by atoms with van der Waals surface area (Å²) in [6.45, 7) is 5.91. The zero-order valence-electron chi connectivity index (χ0n) is 14.5. The van der Waals surface area contributed by atoms with Crippen LogP contribution in [0.3, 0.4) is 0 Å². The summed E-state index contributed by atoms with van der Waals surface area (Å²) in [5.41, 5.74) is 1.09. The van der Waals surface area contributed by atoms with Crippen molar-refractivity contribution in [3.8, 4) is 11.5 Å². The molecule has 0 aliphatic heterocycles. The van der Waals surface area contributed by atoms with Gasteiger partial charge in [0.1, 0.15) is 5.01 Å². The Bertz CT molecular complexity index is 685. The highest BCUT2D eigenvalue weighted by Crippen LogP contribution is 2.27. The molecule has 0 saturated carbocycles. The molecule has 2 rings (SSSR count). The Labute approximate surface area is 146 Å². The molecule has 1 aromatic carbocycles. The second-order valence-corrected chi connectivity index (χ2v) is 6.38. The van der Waals surface area contributed by atoms with E-state index in [4.69, 9.17) is 9.47 Å². The Kier molecular flexibility index (Phi) is 6.87. The molecule has 0 fully saturated rings. The minimum atomic E-state index is 0.612. The summed E-state index contributed by atoms with van der Waals surface area (Å²) in [5, 5.41) is 7.59. The number of aliphatic imine (C=N–C) groups is 1. The molecule has 24 heavy (non-hydrogen) atoms. The molecule has 2 aromatic rings. The molecule has 0 aliphatic rings. The van der Waals surface area contributed by atoms with Gasteiger partial charge in [-0.05, 0) is 31.5 Å². The van der Waals surface area contributed by atoms with Crippen molar-refractivity contribution < 1.29 is 9.47 Å². The predicted octanol–water partition coefficient (Wildman–Crippen LogP) is 2.72. The molecule has 0 bridgehead atoms. The molecule has 1 heterocycles. The Morgan fingerprint density at radius 2 is 2.04 bits per heavy atom. The number of guanidine groups is 1. The molecule has 2 N–H and O–H groups in total. The van der Waals surface area contributed by atoms with E-state index in [-0.39, 0.29) is 0 Å². The van der Waals surface area contributed by atoms with Crippen LogP contribution in [0.2, 0.25) is 0 Å². The van der Waals surface area contributed by atoms with Gasteiger partial charge < -0.3 is 20.1 Å². The van der Waals surface area contributed by atoms with E-state index >= 15 is 0 Å². The number of hydrogen-bond acceptors (Lipinski definition) is 5. The molecular formula is C17H24N4O2S. The maximum Gasteiger partial charge on any atom is 0.191 e. The summed E-state index contributed by atoms with van der Waals surface area (Å²) in [6, 6.07) is 5.90. The second kappa shape index (κ2) is 9.12. The molecule has 0 amide bonds. The van der Waals surface area contributed by atoms with E-state index in [9.17, 15) is 0 Å². The minimum absolute atomic E-state index is 0.612. The van der Waals surface area contributed by atoms with Crippen LogP contribution in [0.15, 0.2) is 29.4 Å². The number of thiazole rings is 1. The van der Waals surface area contributed by atoms with Gasteiger partial charge in [-0.1, -0.05) is 6.07 Å². The normalized spacial score (nSPS) is 11.2. The lowest BCUT2D eigenvalue weighted by Crippen LogP contribution is -2.36. The average molecular weight is 348 g/mol. The van der Waals surface area contributed by atoms with Gasteiger partial charge in [-0.15, -0.1) is 11.3 Å². The average Bonchev–Trinajstić information content (AvgIpc) is 3.01. The number of benzene rings is 1. The number of rotatable bonds is 7. The zero-order chi connectivity index (χ0) is 17.4. The molecule has 0 aliphatic carbocycles. The highest BCUT2D eigenvalue weighted by atomic mass is 32.1. The molecule has 0 atom stereocenters. The largest absolute Gasteiger partial charge is 0.493 e. The van der Waals surface area contributed by atoms with E-state index in [1.165, 1.54) is 4.88 Å². The van der Waals surface area contributed by atoms with Gasteiger partial charge in [-0.2, -0.15) is 0 Å². The molecule has 0 saturated heterocycles. The van der Waals surface area contributed by atoms with E-state index in [0.29, 0.717) is 19.7 Å². The Morgan fingerprint density at radius 1 is 1.25 bits per heavy atom. The van der Waals surface area contributed by atoms with Gasteiger partial charge in [0.15, 0.2) is 17.5 Å². The Hall–Kier alpha value is -2.28. The van der Waals surface area contributed by atoms with Crippen LogP contribution < -0.4 is 20.1 Å². The molecule has 6 nitrogen and oxygen atoms in total. The van der Waals surface area contributed by atoms with Crippen LogP contribution in [0, 0.1) is 6.92 Å². The Balaban J connectivity index is 1.90. The van der Waals surface area contributed by atoms with E-state index in [0.717, 1.165) is 28.0 Å². The number of ether oxygens (including phenoxy) is 2. The number of methoxy groups -OCH3 is 1. The zero-order valence-corrected chi connectivity index (χ0v) is 15.4. The van der Waals surface area contributed by atoms with Crippen LogP contribution in [-0.2, 0) is 13.1 Å². The maximum atomic E-state index is 5.53. The van der Waals surface area contributed by atoms with Crippen LogP contribution in [-0.4, -0.2) is 31.7 Å². The number of nitrogens with one attached hydrogen (secondary N) is 2. The fraction of sp³-hybridized carbons (Fsp3) is 0.412. The van der Waals surface area contributed by atoms with Gasteiger partial charge in [0.25, 0.3) is 0 Å². The van der Waals surface area contributed by atoms with Crippen molar-refractivity contribution in [1.29, 1.82) is 0 Å². The smallest absolute Gasteiger partial charge is 0.191 e. The first-order valence-corrected chi connectivity index (χ1v) is 8.63. The van der Waals surface area contributed by atoms with Crippen molar-refractivity contribution in [2.24, 2.45) is 4.99 Å². The van der Waals surface area contributed by atoms with Crippen LogP contribution in [0.4, 0.5) is 0 Å². The SMILES string of the molecule is CCOc1ccc(CNC(=NC)NCc2ncc(C)s2)cc1OC. The third-order valence-corrected chi connectivity index (χ3v) is 4.20. The van der Waals surface area contributed by atoms with E-state index in [1.54, 1.807) is 25.5 Å². The summed E-state index contributed by atoms with van der Waals surface area (Å²) in [6.07, 6.45) is 1.88. The topological polar surface area (TPSA) is 67.8 Å². The monoisotopic (exact) mass is 348 g/mol. The lowest BCUT2D eigenvalue weighted by atomic mass is 10.2. The lowest BCUT2D eigenvalue weighted by molar-refractivity contribution is 0.310. The summed E-state index contributed by atoms with van der Waals surface area (Å²) in [4.78, 5) is 9.77. The van der Waals surface area contributed by atoms with Gasteiger partial charge >= 0.3 is 0 Å². The van der Waals surface area contributed by atoms with Crippen molar-refractivity contribution in [3.05, 3.63) is 39.8 Å². The van der Waals surface area contributed by atoms with Gasteiger partial charge in [-0.3, -0.25) is 4.99 Å². The third-order valence-electron chi connectivity index (χ3n) is 3.29. The second-order valence-electron chi connectivity index (χ2n) is 5.06. The first-order valence-electron chi connectivity index (χ1n) is 7.81. The number of nitrogens with zero attached hydrogens (tertiary/aromatic N) is 2. The van der Waals surface area contributed by atoms with Crippen molar-refractivity contribution in [3.63, 3.8) is 0 Å². The van der Waals surface area contributed by atoms with Gasteiger partial charge in [0.2, 0.25) is 0 Å². The van der Waals surface area contributed by atoms with Gasteiger partial charge in [0, 0.05) is 24.7 Å². The van der Waals surface area contributed by atoms with Crippen molar-refractivity contribution in [1.82, 2.24) is 15.6 Å². The molecule has 1 aromatic heterocycles. The van der Waals surface area contributed by atoms with Crippen LogP contribution in [0.5, 0.6) is 11.5 Å². The standard InChI is InChI=1S/C17H24N4O2S/c1-5-23-14-7-6-13(8-15(14)22-4)10-20-17(18-3)21-11-16-19-9-12(2)24-16/h6-9H,5,10-11H2,1-4H3,(H2,18,20,21). The number of hydrogen-bond donors (Lipinski definition) is 2. The van der Waals surface area contributed by atoms with Gasteiger partial charge in [-0.25, -0.2) is 4.98 Å². The molecule has 0 spiro atoms. The van der Waals surface area contributed by atoms with E-state index < -0.39 is 0 Å². The summed E-state index contributed by atoms with van der Waals surface area (Å²) >= 11 is 1.68. The fourth-order valence-electron chi connectivity index (χ4n) is 2.15. The van der Waals surface area contributed by atoms with E-state index in [2.05, 4.69) is 20.6 Å². The molecule has 0 unspecified atom stereocenters. The summed E-state index contributed by atoms with van der Waals surface area (Å²) in [5.74, 6) is 2.22. The van der Waals surface area contributed by atoms with Crippen LogP contribution in [0.1, 0.15) is 22.4 Å². The molecule has 0 radical (unpaired) electrons. The lowest BCUT2D eigenvalue weighted by Gasteiger charge is -2.13. The highest BCUT2D eigenvalue weighted by molar-refractivity contribution is 7.11. The third kappa shape index (κ3) is 5.13. The van der Waals surface area contributed by atoms with Crippen molar-refractivity contribution >= 4 is 17.3 Å². The first-order chi connectivity index (χ1) is 11.7. The van der Waals surface area contributed by atoms with Crippen molar-refractivity contribution in [2.45, 2.75) is 26.9 Å². The van der Waals surface area contributed by atoms with Crippen LogP contribution in [0.25, 0.3) is 0 Å². The van der Waals surface area contributed by atoms with Crippen LogP contribution >= 0.6 is 11.3 Å². The molecule has 130 valence electrons. The minimum Gasteiger partial charge on any atom is -0.493 e. The summed E-state index contributed by atoms with van der Waals surface area (Å²) in [7, 11) is 3.40. The molecule has 7 heteroatoms.